The highest BCUT2D eigenvalue weighted by molar-refractivity contribution is 7.93. The molecule has 3 aromatic carbocycles. The van der Waals surface area contributed by atoms with Crippen LogP contribution in [0, 0.1) is 20.8 Å². The van der Waals surface area contributed by atoms with Crippen LogP contribution in [0.3, 0.4) is 0 Å². The van der Waals surface area contributed by atoms with Crippen molar-refractivity contribution in [3.05, 3.63) is 83.4 Å². The molecule has 6 nitrogen and oxygen atoms in total. The molecule has 0 radical (unpaired) electrons. The monoisotopic (exact) mass is 430 g/mol. The normalized spacial score (nSPS) is 11.8. The van der Waals surface area contributed by atoms with Gasteiger partial charge < -0.3 is 0 Å². The predicted octanol–water partition coefficient (Wildman–Crippen LogP) is 4.21. The maximum absolute atomic E-state index is 12.8. The highest BCUT2D eigenvalue weighted by Crippen LogP contribution is 2.26. The van der Waals surface area contributed by atoms with Gasteiger partial charge in [0.1, 0.15) is 0 Å². The molecule has 0 amide bonds. The molecule has 3 rings (SSSR count). The fourth-order valence-electron chi connectivity index (χ4n) is 3.05. The summed E-state index contributed by atoms with van der Waals surface area (Å²) in [6, 6.07) is 17.3. The van der Waals surface area contributed by atoms with Crippen molar-refractivity contribution in [2.45, 2.75) is 30.6 Å². The van der Waals surface area contributed by atoms with Crippen LogP contribution >= 0.6 is 0 Å². The third-order valence-electron chi connectivity index (χ3n) is 4.38. The van der Waals surface area contributed by atoms with Crippen molar-refractivity contribution >= 4 is 31.4 Å². The summed E-state index contributed by atoms with van der Waals surface area (Å²) < 4.78 is 55.4. The van der Waals surface area contributed by atoms with Crippen molar-refractivity contribution in [3.8, 4) is 0 Å². The molecule has 3 aromatic rings. The topological polar surface area (TPSA) is 92.3 Å². The van der Waals surface area contributed by atoms with Crippen LogP contribution in [0.2, 0.25) is 0 Å². The molecule has 8 heteroatoms. The molecule has 2 N–H and O–H groups in total. The minimum atomic E-state index is -3.81. The lowest BCUT2D eigenvalue weighted by atomic mass is 10.1. The largest absolute Gasteiger partial charge is 0.280 e. The molecule has 0 saturated carbocycles. The summed E-state index contributed by atoms with van der Waals surface area (Å²) in [5.41, 5.74) is 3.54. The van der Waals surface area contributed by atoms with Crippen LogP contribution in [0.4, 0.5) is 11.4 Å². The summed E-state index contributed by atoms with van der Waals surface area (Å²) in [6.45, 7) is 5.64. The Morgan fingerprint density at radius 3 is 1.66 bits per heavy atom. The van der Waals surface area contributed by atoms with Gasteiger partial charge in [0.25, 0.3) is 20.0 Å². The SMILES string of the molecule is Cc1cc(C)c(NS(=O)(=O)c2ccc(NS(=O)(=O)c3ccccc3)cc2)c(C)c1. The number of nitrogens with one attached hydrogen (secondary N) is 2. The van der Waals surface area contributed by atoms with E-state index < -0.39 is 20.0 Å². The lowest BCUT2D eigenvalue weighted by Crippen LogP contribution is -2.15. The van der Waals surface area contributed by atoms with E-state index in [4.69, 9.17) is 0 Å². The third-order valence-corrected chi connectivity index (χ3v) is 7.15. The average Bonchev–Trinajstić information content (AvgIpc) is 2.65. The summed E-state index contributed by atoms with van der Waals surface area (Å²) in [5, 5.41) is 0. The summed E-state index contributed by atoms with van der Waals surface area (Å²) in [7, 11) is -7.55. The summed E-state index contributed by atoms with van der Waals surface area (Å²) in [4.78, 5) is 0.170. The van der Waals surface area contributed by atoms with Gasteiger partial charge in [-0.2, -0.15) is 0 Å². The van der Waals surface area contributed by atoms with Crippen molar-refractivity contribution in [1.29, 1.82) is 0 Å². The fourth-order valence-corrected chi connectivity index (χ4v) is 5.33. The minimum absolute atomic E-state index is 0.0412. The lowest BCUT2D eigenvalue weighted by molar-refractivity contribution is 0.600. The van der Waals surface area contributed by atoms with Gasteiger partial charge in [0.05, 0.1) is 15.5 Å². The number of hydrogen-bond donors (Lipinski definition) is 2. The number of benzene rings is 3. The summed E-state index contributed by atoms with van der Waals surface area (Å²) in [6.07, 6.45) is 0. The molecule has 0 saturated heterocycles. The molecule has 0 heterocycles. The maximum Gasteiger partial charge on any atom is 0.261 e. The Bertz CT molecular complexity index is 1210. The first-order chi connectivity index (χ1) is 13.6. The van der Waals surface area contributed by atoms with Crippen LogP contribution in [-0.4, -0.2) is 16.8 Å². The molecule has 0 aliphatic carbocycles. The first-order valence-corrected chi connectivity index (χ1v) is 11.8. The summed E-state index contributed by atoms with van der Waals surface area (Å²) >= 11 is 0. The molecule has 152 valence electrons. The minimum Gasteiger partial charge on any atom is -0.280 e. The standard InChI is InChI=1S/C21H22N2O4S2/c1-15-13-16(2)21(17(3)14-15)23-29(26,27)20-11-9-18(10-12-20)22-28(24,25)19-7-5-4-6-8-19/h4-14,22-23H,1-3H3. The van der Waals surface area contributed by atoms with Gasteiger partial charge >= 0.3 is 0 Å². The van der Waals surface area contributed by atoms with Gasteiger partial charge in [-0.15, -0.1) is 0 Å². The van der Waals surface area contributed by atoms with Crippen LogP contribution in [0.25, 0.3) is 0 Å². The van der Waals surface area contributed by atoms with Crippen molar-refractivity contribution in [3.63, 3.8) is 0 Å². The Morgan fingerprint density at radius 1 is 0.621 bits per heavy atom. The van der Waals surface area contributed by atoms with Gasteiger partial charge in [-0.3, -0.25) is 9.44 Å². The van der Waals surface area contributed by atoms with E-state index in [1.165, 1.54) is 36.4 Å². The maximum atomic E-state index is 12.8. The number of rotatable bonds is 6. The van der Waals surface area contributed by atoms with Gasteiger partial charge in [-0.1, -0.05) is 35.9 Å². The highest BCUT2D eigenvalue weighted by Gasteiger charge is 2.18. The molecule has 29 heavy (non-hydrogen) atoms. The Kier molecular flexibility index (Phi) is 5.68. The first-order valence-electron chi connectivity index (χ1n) is 8.87. The van der Waals surface area contributed by atoms with E-state index >= 15 is 0 Å². The zero-order valence-corrected chi connectivity index (χ0v) is 17.9. The predicted molar refractivity (Wildman–Crippen MR) is 115 cm³/mol. The van der Waals surface area contributed by atoms with E-state index in [1.54, 1.807) is 18.2 Å². The van der Waals surface area contributed by atoms with Gasteiger partial charge in [-0.25, -0.2) is 16.8 Å². The van der Waals surface area contributed by atoms with E-state index in [-0.39, 0.29) is 15.5 Å². The van der Waals surface area contributed by atoms with Gasteiger partial charge in [-0.05, 0) is 68.3 Å². The van der Waals surface area contributed by atoms with E-state index in [1.807, 2.05) is 32.9 Å². The van der Waals surface area contributed by atoms with Crippen molar-refractivity contribution in [2.24, 2.45) is 0 Å². The van der Waals surface area contributed by atoms with Crippen LogP contribution in [0.1, 0.15) is 16.7 Å². The van der Waals surface area contributed by atoms with Gasteiger partial charge in [0, 0.05) is 5.69 Å². The zero-order valence-electron chi connectivity index (χ0n) is 16.3. The molecule has 0 bridgehead atoms. The van der Waals surface area contributed by atoms with E-state index in [9.17, 15) is 16.8 Å². The quantitative estimate of drug-likeness (QED) is 0.613. The lowest BCUT2D eigenvalue weighted by Gasteiger charge is -2.15. The Hall–Kier alpha value is -2.84. The number of anilines is 2. The molecular formula is C21H22N2O4S2. The van der Waals surface area contributed by atoms with E-state index in [0.29, 0.717) is 5.69 Å². The molecular weight excluding hydrogens is 408 g/mol. The van der Waals surface area contributed by atoms with Gasteiger partial charge in [0.15, 0.2) is 0 Å². The molecule has 0 fully saturated rings. The second-order valence-corrected chi connectivity index (χ2v) is 10.2. The Morgan fingerprint density at radius 2 is 1.10 bits per heavy atom. The smallest absolute Gasteiger partial charge is 0.261 e. The molecule has 0 unspecified atom stereocenters. The van der Waals surface area contributed by atoms with E-state index in [2.05, 4.69) is 9.44 Å². The van der Waals surface area contributed by atoms with Crippen LogP contribution < -0.4 is 9.44 Å². The second kappa shape index (κ2) is 7.88. The second-order valence-electron chi connectivity index (χ2n) is 6.82. The Labute approximate surface area is 171 Å². The van der Waals surface area contributed by atoms with Gasteiger partial charge in [0.2, 0.25) is 0 Å². The molecule has 0 aromatic heterocycles. The number of sulfonamides is 2. The van der Waals surface area contributed by atoms with E-state index in [0.717, 1.165) is 16.7 Å². The molecule has 0 aliphatic heterocycles. The first kappa shape index (κ1) is 20.9. The number of hydrogen-bond acceptors (Lipinski definition) is 4. The fraction of sp³-hybridized carbons (Fsp3) is 0.143. The third kappa shape index (κ3) is 4.78. The van der Waals surface area contributed by atoms with Crippen LogP contribution in [0.5, 0.6) is 0 Å². The molecule has 0 spiro atoms. The van der Waals surface area contributed by atoms with Crippen molar-refractivity contribution in [2.75, 3.05) is 9.44 Å². The molecule has 0 aliphatic rings. The van der Waals surface area contributed by atoms with Crippen molar-refractivity contribution < 1.29 is 16.8 Å². The Balaban J connectivity index is 1.83. The average molecular weight is 431 g/mol. The molecule has 0 atom stereocenters. The summed E-state index contributed by atoms with van der Waals surface area (Å²) in [5.74, 6) is 0. The number of aryl methyl sites for hydroxylation is 3. The van der Waals surface area contributed by atoms with Crippen LogP contribution in [-0.2, 0) is 20.0 Å². The van der Waals surface area contributed by atoms with Crippen molar-refractivity contribution in [1.82, 2.24) is 0 Å². The zero-order chi connectivity index (χ0) is 21.2. The van der Waals surface area contributed by atoms with Crippen LogP contribution in [0.15, 0.2) is 76.5 Å². The highest BCUT2D eigenvalue weighted by atomic mass is 32.2.